The van der Waals surface area contributed by atoms with E-state index in [4.69, 9.17) is 5.73 Å². The molecule has 0 aliphatic rings. The Kier molecular flexibility index (Phi) is 6.38. The molecule has 1 heterocycles. The lowest BCUT2D eigenvalue weighted by atomic mass is 9.96. The number of aryl methyl sites for hydroxylation is 1. The molecule has 7 heteroatoms. The zero-order chi connectivity index (χ0) is 18.3. The van der Waals surface area contributed by atoms with Gasteiger partial charge in [0, 0.05) is 18.9 Å². The van der Waals surface area contributed by atoms with Crippen LogP contribution in [0.15, 0.2) is 42.7 Å². The Morgan fingerprint density at radius 1 is 1.12 bits per heavy atom. The fourth-order valence-electron chi connectivity index (χ4n) is 2.65. The Bertz CT molecular complexity index is 702. The second kappa shape index (κ2) is 8.50. The number of hydrogen-bond donors (Lipinski definition) is 2. The maximum absolute atomic E-state index is 13.0. The van der Waals surface area contributed by atoms with Gasteiger partial charge in [-0.1, -0.05) is 18.6 Å². The summed E-state index contributed by atoms with van der Waals surface area (Å²) in [5, 5.41) is 3.22. The number of halogens is 3. The van der Waals surface area contributed by atoms with E-state index in [0.29, 0.717) is 18.4 Å². The number of alkyl halides is 3. The lowest BCUT2D eigenvalue weighted by Crippen LogP contribution is -2.21. The number of unbranched alkanes of at least 4 members (excludes halogenated alkanes) is 2. The van der Waals surface area contributed by atoms with Crippen LogP contribution in [0.5, 0.6) is 0 Å². The summed E-state index contributed by atoms with van der Waals surface area (Å²) in [5.74, 6) is -1.04. The standard InChI is InChI=1S/C18H20F3N3O/c19-18(20,21)15-9-4-7-13(16(15)17(22)25)6-2-1-3-11-24-14-8-5-10-23-12-14/h4-5,7-10,12,24H,1-3,6,11H2,(H2,22,25). The highest BCUT2D eigenvalue weighted by Crippen LogP contribution is 2.33. The van der Waals surface area contributed by atoms with Crippen molar-refractivity contribution in [2.45, 2.75) is 31.9 Å². The lowest BCUT2D eigenvalue weighted by Gasteiger charge is -2.14. The number of rotatable bonds is 8. The van der Waals surface area contributed by atoms with Gasteiger partial charge in [0.1, 0.15) is 0 Å². The highest BCUT2D eigenvalue weighted by atomic mass is 19.4. The summed E-state index contributed by atoms with van der Waals surface area (Å²) in [6, 6.07) is 7.48. The first-order valence-electron chi connectivity index (χ1n) is 8.02. The van der Waals surface area contributed by atoms with Crippen molar-refractivity contribution in [1.82, 2.24) is 4.98 Å². The number of carbonyl (C=O) groups excluding carboxylic acids is 1. The van der Waals surface area contributed by atoms with Crippen LogP contribution < -0.4 is 11.1 Å². The van der Waals surface area contributed by atoms with Gasteiger partial charge in [0.2, 0.25) is 5.91 Å². The topological polar surface area (TPSA) is 68.0 Å². The molecule has 2 rings (SSSR count). The number of amides is 1. The van der Waals surface area contributed by atoms with Crippen LogP contribution in [0.4, 0.5) is 18.9 Å². The van der Waals surface area contributed by atoms with Crippen LogP contribution in [0, 0.1) is 0 Å². The minimum atomic E-state index is -4.59. The van der Waals surface area contributed by atoms with Crippen LogP contribution in [0.1, 0.15) is 40.7 Å². The van der Waals surface area contributed by atoms with Crippen LogP contribution in [-0.2, 0) is 12.6 Å². The molecule has 134 valence electrons. The average Bonchev–Trinajstić information content (AvgIpc) is 2.57. The number of primary amides is 1. The molecule has 1 amide bonds. The van der Waals surface area contributed by atoms with Crippen molar-refractivity contribution in [3.63, 3.8) is 0 Å². The lowest BCUT2D eigenvalue weighted by molar-refractivity contribution is -0.138. The van der Waals surface area contributed by atoms with Gasteiger partial charge in [-0.15, -0.1) is 0 Å². The monoisotopic (exact) mass is 351 g/mol. The molecule has 0 aliphatic heterocycles. The molecular weight excluding hydrogens is 331 g/mol. The van der Waals surface area contributed by atoms with E-state index in [9.17, 15) is 18.0 Å². The molecule has 0 aliphatic carbocycles. The number of anilines is 1. The number of nitrogens with zero attached hydrogens (tertiary/aromatic N) is 1. The first-order valence-corrected chi connectivity index (χ1v) is 8.02. The van der Waals surface area contributed by atoms with E-state index < -0.39 is 23.2 Å². The van der Waals surface area contributed by atoms with Crippen molar-refractivity contribution in [2.75, 3.05) is 11.9 Å². The predicted molar refractivity (Wildman–Crippen MR) is 90.2 cm³/mol. The zero-order valence-corrected chi connectivity index (χ0v) is 13.6. The molecule has 2 aromatic rings. The molecule has 0 unspecified atom stereocenters. The van der Waals surface area contributed by atoms with E-state index in [1.165, 1.54) is 12.1 Å². The van der Waals surface area contributed by atoms with E-state index in [1.54, 1.807) is 12.4 Å². The number of carbonyl (C=O) groups is 1. The maximum Gasteiger partial charge on any atom is 0.417 e. The Balaban J connectivity index is 1.87. The summed E-state index contributed by atoms with van der Waals surface area (Å²) in [6.45, 7) is 0.747. The molecule has 0 radical (unpaired) electrons. The average molecular weight is 351 g/mol. The highest BCUT2D eigenvalue weighted by molar-refractivity contribution is 5.96. The normalized spacial score (nSPS) is 11.3. The number of pyridine rings is 1. The van der Waals surface area contributed by atoms with Gasteiger partial charge in [0.15, 0.2) is 0 Å². The number of nitrogens with two attached hydrogens (primary N) is 1. The second-order valence-corrected chi connectivity index (χ2v) is 5.68. The van der Waals surface area contributed by atoms with E-state index in [0.717, 1.165) is 31.1 Å². The molecule has 0 saturated carbocycles. The number of benzene rings is 1. The SMILES string of the molecule is NC(=O)c1c(CCCCCNc2cccnc2)cccc1C(F)(F)F. The van der Waals surface area contributed by atoms with Crippen LogP contribution in [0.25, 0.3) is 0 Å². The van der Waals surface area contributed by atoms with Gasteiger partial charge < -0.3 is 11.1 Å². The van der Waals surface area contributed by atoms with Crippen LogP contribution >= 0.6 is 0 Å². The summed E-state index contributed by atoms with van der Waals surface area (Å²) in [6.07, 6.45) is 1.57. The van der Waals surface area contributed by atoms with Gasteiger partial charge in [0.25, 0.3) is 0 Å². The van der Waals surface area contributed by atoms with Crippen LogP contribution in [0.2, 0.25) is 0 Å². The van der Waals surface area contributed by atoms with Crippen LogP contribution in [0.3, 0.4) is 0 Å². The third-order valence-corrected chi connectivity index (χ3v) is 3.82. The van der Waals surface area contributed by atoms with Crippen molar-refractivity contribution >= 4 is 11.6 Å². The molecule has 0 atom stereocenters. The Morgan fingerprint density at radius 2 is 1.92 bits per heavy atom. The molecule has 0 spiro atoms. The second-order valence-electron chi connectivity index (χ2n) is 5.68. The van der Waals surface area contributed by atoms with Gasteiger partial charge in [-0.25, -0.2) is 0 Å². The highest BCUT2D eigenvalue weighted by Gasteiger charge is 2.35. The largest absolute Gasteiger partial charge is 0.417 e. The molecule has 1 aromatic heterocycles. The quantitative estimate of drug-likeness (QED) is 0.706. The first-order chi connectivity index (χ1) is 11.9. The third kappa shape index (κ3) is 5.48. The molecular formula is C18H20F3N3O. The predicted octanol–water partition coefficient (Wildman–Crippen LogP) is 4.02. The molecule has 25 heavy (non-hydrogen) atoms. The maximum atomic E-state index is 13.0. The minimum Gasteiger partial charge on any atom is -0.384 e. The molecule has 4 nitrogen and oxygen atoms in total. The van der Waals surface area contributed by atoms with E-state index in [1.807, 2.05) is 12.1 Å². The fraction of sp³-hybridized carbons (Fsp3) is 0.333. The minimum absolute atomic E-state index is 0.350. The number of hydrogen-bond acceptors (Lipinski definition) is 3. The van der Waals surface area contributed by atoms with Gasteiger partial charge in [0.05, 0.1) is 16.8 Å². The fourth-order valence-corrected chi connectivity index (χ4v) is 2.65. The Morgan fingerprint density at radius 3 is 2.56 bits per heavy atom. The summed E-state index contributed by atoms with van der Waals surface area (Å²) in [4.78, 5) is 15.5. The van der Waals surface area contributed by atoms with Crippen molar-refractivity contribution in [3.8, 4) is 0 Å². The Labute approximate surface area is 144 Å². The summed E-state index contributed by atoms with van der Waals surface area (Å²) in [5.41, 5.74) is 5.07. The van der Waals surface area contributed by atoms with Gasteiger partial charge >= 0.3 is 6.18 Å². The first kappa shape index (κ1) is 18.8. The van der Waals surface area contributed by atoms with Crippen molar-refractivity contribution < 1.29 is 18.0 Å². The number of nitrogens with one attached hydrogen (secondary N) is 1. The molecule has 0 bridgehead atoms. The van der Waals surface area contributed by atoms with Crippen molar-refractivity contribution in [2.24, 2.45) is 5.73 Å². The van der Waals surface area contributed by atoms with E-state index >= 15 is 0 Å². The summed E-state index contributed by atoms with van der Waals surface area (Å²) >= 11 is 0. The molecule has 0 fully saturated rings. The molecule has 0 saturated heterocycles. The molecule has 1 aromatic carbocycles. The van der Waals surface area contributed by atoms with E-state index in [-0.39, 0.29) is 0 Å². The van der Waals surface area contributed by atoms with Gasteiger partial charge in [-0.3, -0.25) is 9.78 Å². The number of aromatic nitrogens is 1. The summed E-state index contributed by atoms with van der Waals surface area (Å²) in [7, 11) is 0. The molecule has 3 N–H and O–H groups in total. The Hall–Kier alpha value is -2.57. The van der Waals surface area contributed by atoms with Gasteiger partial charge in [-0.2, -0.15) is 13.2 Å². The van der Waals surface area contributed by atoms with E-state index in [2.05, 4.69) is 10.3 Å². The van der Waals surface area contributed by atoms with Crippen molar-refractivity contribution in [1.29, 1.82) is 0 Å². The smallest absolute Gasteiger partial charge is 0.384 e. The van der Waals surface area contributed by atoms with Crippen molar-refractivity contribution in [3.05, 3.63) is 59.4 Å². The van der Waals surface area contributed by atoms with Crippen LogP contribution in [-0.4, -0.2) is 17.4 Å². The summed E-state index contributed by atoms with van der Waals surface area (Å²) < 4.78 is 39.1. The zero-order valence-electron chi connectivity index (χ0n) is 13.6. The third-order valence-electron chi connectivity index (χ3n) is 3.82. The van der Waals surface area contributed by atoms with Gasteiger partial charge in [-0.05, 0) is 43.0 Å².